The predicted octanol–water partition coefficient (Wildman–Crippen LogP) is 3.93. The SMILES string of the molecule is Cc1ccc(C)c(NC(=O)CSc2nncn2CCc2cccs2)c1. The van der Waals surface area contributed by atoms with Gasteiger partial charge in [-0.2, -0.15) is 0 Å². The quantitative estimate of drug-likeness (QED) is 0.639. The highest BCUT2D eigenvalue weighted by Crippen LogP contribution is 2.19. The van der Waals surface area contributed by atoms with Gasteiger partial charge in [-0.05, 0) is 48.9 Å². The highest BCUT2D eigenvalue weighted by atomic mass is 32.2. The van der Waals surface area contributed by atoms with Crippen LogP contribution >= 0.6 is 23.1 Å². The molecule has 0 fully saturated rings. The number of aromatic nitrogens is 3. The monoisotopic (exact) mass is 372 g/mol. The summed E-state index contributed by atoms with van der Waals surface area (Å²) in [5.74, 6) is 0.275. The lowest BCUT2D eigenvalue weighted by atomic mass is 10.1. The van der Waals surface area contributed by atoms with Crippen LogP contribution in [0.5, 0.6) is 0 Å². The van der Waals surface area contributed by atoms with Crippen LogP contribution in [0.25, 0.3) is 0 Å². The van der Waals surface area contributed by atoms with Crippen molar-refractivity contribution in [1.82, 2.24) is 14.8 Å². The molecular weight excluding hydrogens is 352 g/mol. The van der Waals surface area contributed by atoms with E-state index < -0.39 is 0 Å². The molecule has 7 heteroatoms. The first kappa shape index (κ1) is 17.7. The van der Waals surface area contributed by atoms with Crippen molar-refractivity contribution in [3.63, 3.8) is 0 Å². The van der Waals surface area contributed by atoms with Crippen LogP contribution in [0, 0.1) is 13.8 Å². The third kappa shape index (κ3) is 4.93. The van der Waals surface area contributed by atoms with E-state index in [4.69, 9.17) is 0 Å². The Hall–Kier alpha value is -2.12. The van der Waals surface area contributed by atoms with Crippen molar-refractivity contribution in [1.29, 1.82) is 0 Å². The summed E-state index contributed by atoms with van der Waals surface area (Å²) < 4.78 is 2.00. The number of nitrogens with one attached hydrogen (secondary N) is 1. The van der Waals surface area contributed by atoms with Crippen molar-refractivity contribution in [3.8, 4) is 0 Å². The largest absolute Gasteiger partial charge is 0.325 e. The van der Waals surface area contributed by atoms with Gasteiger partial charge in [-0.1, -0.05) is 30.0 Å². The van der Waals surface area contributed by atoms with Gasteiger partial charge >= 0.3 is 0 Å². The van der Waals surface area contributed by atoms with E-state index >= 15 is 0 Å². The minimum Gasteiger partial charge on any atom is -0.325 e. The second-order valence-electron chi connectivity index (χ2n) is 5.79. The molecule has 0 saturated carbocycles. The van der Waals surface area contributed by atoms with Crippen LogP contribution in [0.2, 0.25) is 0 Å². The minimum atomic E-state index is -0.0356. The Morgan fingerprint density at radius 2 is 2.20 bits per heavy atom. The number of anilines is 1. The Kier molecular flexibility index (Phi) is 5.88. The number of aryl methyl sites for hydroxylation is 4. The molecule has 0 unspecified atom stereocenters. The van der Waals surface area contributed by atoms with Crippen LogP contribution < -0.4 is 5.32 Å². The zero-order valence-corrected chi connectivity index (χ0v) is 15.9. The normalized spacial score (nSPS) is 10.8. The van der Waals surface area contributed by atoms with Gasteiger partial charge in [-0.25, -0.2) is 0 Å². The molecule has 1 amide bonds. The number of hydrogen-bond acceptors (Lipinski definition) is 5. The molecule has 3 rings (SSSR count). The highest BCUT2D eigenvalue weighted by Gasteiger charge is 2.10. The van der Waals surface area contributed by atoms with E-state index in [1.165, 1.54) is 16.6 Å². The van der Waals surface area contributed by atoms with Gasteiger partial charge < -0.3 is 9.88 Å². The summed E-state index contributed by atoms with van der Waals surface area (Å²) in [6.45, 7) is 4.82. The molecule has 0 bridgehead atoms. The average Bonchev–Trinajstić information content (AvgIpc) is 3.25. The topological polar surface area (TPSA) is 59.8 Å². The van der Waals surface area contributed by atoms with Gasteiger partial charge in [0, 0.05) is 17.1 Å². The van der Waals surface area contributed by atoms with Gasteiger partial charge in [-0.3, -0.25) is 4.79 Å². The maximum atomic E-state index is 12.2. The maximum absolute atomic E-state index is 12.2. The van der Waals surface area contributed by atoms with Gasteiger partial charge in [-0.15, -0.1) is 21.5 Å². The Morgan fingerprint density at radius 3 is 3.00 bits per heavy atom. The molecule has 1 N–H and O–H groups in total. The molecule has 2 aromatic heterocycles. The molecule has 0 aliphatic rings. The predicted molar refractivity (Wildman–Crippen MR) is 103 cm³/mol. The fourth-order valence-corrected chi connectivity index (χ4v) is 3.82. The third-order valence-corrected chi connectivity index (χ3v) is 5.68. The molecule has 5 nitrogen and oxygen atoms in total. The summed E-state index contributed by atoms with van der Waals surface area (Å²) in [6.07, 6.45) is 2.66. The fraction of sp³-hybridized carbons (Fsp3) is 0.278. The standard InChI is InChI=1S/C18H20N4OS2/c1-13-5-6-14(2)16(10-13)20-17(23)11-25-18-21-19-12-22(18)8-7-15-4-3-9-24-15/h3-6,9-10,12H,7-8,11H2,1-2H3,(H,20,23). The minimum absolute atomic E-state index is 0.0356. The van der Waals surface area contributed by atoms with Crippen molar-refractivity contribution in [2.45, 2.75) is 32.0 Å². The molecular formula is C18H20N4OS2. The number of thiophene rings is 1. The lowest BCUT2D eigenvalue weighted by molar-refractivity contribution is -0.113. The Labute approximate surface area is 155 Å². The average molecular weight is 373 g/mol. The van der Waals surface area contributed by atoms with Crippen LogP contribution in [0.4, 0.5) is 5.69 Å². The van der Waals surface area contributed by atoms with Gasteiger partial charge in [0.15, 0.2) is 5.16 Å². The molecule has 130 valence electrons. The summed E-state index contributed by atoms with van der Waals surface area (Å²) in [7, 11) is 0. The Morgan fingerprint density at radius 1 is 1.32 bits per heavy atom. The first-order chi connectivity index (χ1) is 12.1. The number of amides is 1. The van der Waals surface area contributed by atoms with Crippen molar-refractivity contribution in [2.75, 3.05) is 11.1 Å². The Balaban J connectivity index is 1.54. The van der Waals surface area contributed by atoms with E-state index in [2.05, 4.69) is 33.0 Å². The second-order valence-corrected chi connectivity index (χ2v) is 7.77. The van der Waals surface area contributed by atoms with Crippen molar-refractivity contribution < 1.29 is 4.79 Å². The number of hydrogen-bond donors (Lipinski definition) is 1. The number of carbonyl (C=O) groups is 1. The molecule has 2 heterocycles. The van der Waals surface area contributed by atoms with Crippen LogP contribution in [0.1, 0.15) is 16.0 Å². The van der Waals surface area contributed by atoms with Crippen LogP contribution in [-0.2, 0) is 17.8 Å². The lowest BCUT2D eigenvalue weighted by Crippen LogP contribution is -2.15. The van der Waals surface area contributed by atoms with E-state index in [0.29, 0.717) is 5.75 Å². The summed E-state index contributed by atoms with van der Waals surface area (Å²) in [5.41, 5.74) is 3.05. The first-order valence-corrected chi connectivity index (χ1v) is 9.88. The number of nitrogens with zero attached hydrogens (tertiary/aromatic N) is 3. The summed E-state index contributed by atoms with van der Waals surface area (Å²) >= 11 is 3.16. The van der Waals surface area contributed by atoms with Crippen molar-refractivity contribution in [2.24, 2.45) is 0 Å². The molecule has 0 spiro atoms. The second kappa shape index (κ2) is 8.31. The van der Waals surface area contributed by atoms with E-state index in [9.17, 15) is 4.79 Å². The first-order valence-electron chi connectivity index (χ1n) is 8.02. The van der Waals surface area contributed by atoms with E-state index in [1.807, 2.05) is 36.6 Å². The molecule has 0 atom stereocenters. The summed E-state index contributed by atoms with van der Waals surface area (Å²) in [6, 6.07) is 10.2. The zero-order valence-electron chi connectivity index (χ0n) is 14.2. The maximum Gasteiger partial charge on any atom is 0.234 e. The Bertz CT molecular complexity index is 843. The van der Waals surface area contributed by atoms with Crippen LogP contribution in [-0.4, -0.2) is 26.4 Å². The highest BCUT2D eigenvalue weighted by molar-refractivity contribution is 7.99. The van der Waals surface area contributed by atoms with Gasteiger partial charge in [0.05, 0.1) is 5.75 Å². The molecule has 1 aromatic carbocycles. The van der Waals surface area contributed by atoms with Crippen molar-refractivity contribution >= 4 is 34.7 Å². The molecule has 0 aliphatic carbocycles. The third-order valence-electron chi connectivity index (χ3n) is 3.76. The number of thioether (sulfide) groups is 1. The number of benzene rings is 1. The number of carbonyl (C=O) groups excluding carboxylic acids is 1. The molecule has 0 saturated heterocycles. The van der Waals surface area contributed by atoms with Crippen molar-refractivity contribution in [3.05, 3.63) is 58.0 Å². The molecule has 3 aromatic rings. The molecule has 0 aliphatic heterocycles. The lowest BCUT2D eigenvalue weighted by Gasteiger charge is -2.09. The molecule has 25 heavy (non-hydrogen) atoms. The smallest absolute Gasteiger partial charge is 0.234 e. The van der Waals surface area contributed by atoms with Crippen LogP contribution in [0.3, 0.4) is 0 Å². The van der Waals surface area contributed by atoms with E-state index in [-0.39, 0.29) is 5.91 Å². The van der Waals surface area contributed by atoms with Crippen LogP contribution in [0.15, 0.2) is 47.2 Å². The van der Waals surface area contributed by atoms with Gasteiger partial charge in [0.1, 0.15) is 6.33 Å². The van der Waals surface area contributed by atoms with E-state index in [0.717, 1.165) is 34.9 Å². The number of rotatable bonds is 7. The molecule has 0 radical (unpaired) electrons. The summed E-state index contributed by atoms with van der Waals surface area (Å²) in [4.78, 5) is 13.6. The van der Waals surface area contributed by atoms with E-state index in [1.54, 1.807) is 17.7 Å². The fourth-order valence-electron chi connectivity index (χ4n) is 2.38. The summed E-state index contributed by atoms with van der Waals surface area (Å²) in [5, 5.41) is 13.9. The zero-order chi connectivity index (χ0) is 17.6. The van der Waals surface area contributed by atoms with Gasteiger partial charge in [0.25, 0.3) is 0 Å². The van der Waals surface area contributed by atoms with Gasteiger partial charge in [0.2, 0.25) is 5.91 Å².